The highest BCUT2D eigenvalue weighted by atomic mass is 35.5. The van der Waals surface area contributed by atoms with E-state index in [4.69, 9.17) is 16.3 Å². The normalized spacial score (nSPS) is 10.6. The highest BCUT2D eigenvalue weighted by Gasteiger charge is 2.21. The number of para-hydroxylation sites is 1. The Hall–Kier alpha value is -4.44. The first kappa shape index (κ1) is 23.7. The van der Waals surface area contributed by atoms with Gasteiger partial charge in [0.25, 0.3) is 11.7 Å². The molecule has 4 aromatic rings. The number of carbonyl (C=O) groups excluding carboxylic acids is 3. The van der Waals surface area contributed by atoms with E-state index < -0.39 is 29.4 Å². The summed E-state index contributed by atoms with van der Waals surface area (Å²) in [6, 6.07) is 12.0. The lowest BCUT2D eigenvalue weighted by atomic mass is 10.1. The highest BCUT2D eigenvalue weighted by molar-refractivity contribution is 6.48. The number of ketones is 1. The van der Waals surface area contributed by atoms with Gasteiger partial charge in [-0.25, -0.2) is 13.6 Å². The maximum absolute atomic E-state index is 13.5. The van der Waals surface area contributed by atoms with Crippen molar-refractivity contribution in [3.63, 3.8) is 0 Å². The third-order valence-corrected chi connectivity index (χ3v) is 5.32. The van der Waals surface area contributed by atoms with Crippen LogP contribution in [0.2, 0.25) is 5.02 Å². The molecule has 0 spiro atoms. The number of urea groups is 1. The second-order valence-corrected chi connectivity index (χ2v) is 7.68. The lowest BCUT2D eigenvalue weighted by molar-refractivity contribution is -0.112. The van der Waals surface area contributed by atoms with Crippen molar-refractivity contribution in [3.8, 4) is 5.75 Å². The molecule has 0 atom stereocenters. The Balaban J connectivity index is 1.50. The highest BCUT2D eigenvalue weighted by Crippen LogP contribution is 2.29. The number of ether oxygens (including phenoxy) is 1. The molecule has 4 rings (SSSR count). The first-order valence-electron chi connectivity index (χ1n) is 10.1. The largest absolute Gasteiger partial charge is 0.495 e. The van der Waals surface area contributed by atoms with Crippen molar-refractivity contribution in [2.75, 3.05) is 23.1 Å². The molecule has 1 aromatic heterocycles. The minimum absolute atomic E-state index is 0.126. The molecule has 0 aliphatic heterocycles. The summed E-state index contributed by atoms with van der Waals surface area (Å²) in [4.78, 5) is 40.6. The van der Waals surface area contributed by atoms with E-state index in [2.05, 4.69) is 20.9 Å². The predicted octanol–water partition coefficient (Wildman–Crippen LogP) is 5.57. The van der Waals surface area contributed by atoms with Crippen LogP contribution in [-0.4, -0.2) is 29.8 Å². The lowest BCUT2D eigenvalue weighted by Gasteiger charge is -2.14. The van der Waals surface area contributed by atoms with E-state index in [9.17, 15) is 23.2 Å². The number of benzene rings is 3. The third kappa shape index (κ3) is 5.07. The van der Waals surface area contributed by atoms with E-state index in [1.54, 1.807) is 24.3 Å². The lowest BCUT2D eigenvalue weighted by Crippen LogP contribution is -2.23. The number of aromatic nitrogens is 1. The second-order valence-electron chi connectivity index (χ2n) is 7.27. The fourth-order valence-corrected chi connectivity index (χ4v) is 3.54. The molecule has 11 heteroatoms. The van der Waals surface area contributed by atoms with Gasteiger partial charge in [0.1, 0.15) is 5.75 Å². The molecule has 0 saturated heterocycles. The summed E-state index contributed by atoms with van der Waals surface area (Å²) in [6.07, 6.45) is 1.46. The molecule has 0 aliphatic rings. The fourth-order valence-electron chi connectivity index (χ4n) is 3.35. The number of hydrogen-bond acceptors (Lipinski definition) is 4. The maximum Gasteiger partial charge on any atom is 0.323 e. The van der Waals surface area contributed by atoms with Crippen molar-refractivity contribution in [1.29, 1.82) is 0 Å². The van der Waals surface area contributed by atoms with Crippen molar-refractivity contribution in [2.24, 2.45) is 0 Å². The molecule has 8 nitrogen and oxygen atoms in total. The van der Waals surface area contributed by atoms with Crippen molar-refractivity contribution >= 4 is 57.3 Å². The van der Waals surface area contributed by atoms with E-state index in [1.807, 2.05) is 0 Å². The van der Waals surface area contributed by atoms with Crippen LogP contribution in [-0.2, 0) is 4.79 Å². The van der Waals surface area contributed by atoms with E-state index in [1.165, 1.54) is 31.5 Å². The molecule has 0 aliphatic carbocycles. The van der Waals surface area contributed by atoms with Gasteiger partial charge in [0.05, 0.1) is 29.1 Å². The smallest absolute Gasteiger partial charge is 0.323 e. The van der Waals surface area contributed by atoms with Crippen molar-refractivity contribution in [3.05, 3.63) is 83.0 Å². The van der Waals surface area contributed by atoms with Gasteiger partial charge in [-0.3, -0.25) is 9.59 Å². The summed E-state index contributed by atoms with van der Waals surface area (Å²) in [5.74, 6) is -3.75. The van der Waals surface area contributed by atoms with Gasteiger partial charge >= 0.3 is 6.03 Å². The molecular formula is C24H17ClF2N4O4. The predicted molar refractivity (Wildman–Crippen MR) is 128 cm³/mol. The quantitative estimate of drug-likeness (QED) is 0.158. The molecule has 35 heavy (non-hydrogen) atoms. The number of carbonyl (C=O) groups is 3. The zero-order valence-electron chi connectivity index (χ0n) is 18.0. The molecule has 0 radical (unpaired) electrons. The van der Waals surface area contributed by atoms with Crippen molar-refractivity contribution in [1.82, 2.24) is 4.98 Å². The fraction of sp³-hybridized carbons (Fsp3) is 0.0417. The van der Waals surface area contributed by atoms with Gasteiger partial charge in [-0.05, 0) is 30.3 Å². The Morgan fingerprint density at radius 1 is 0.914 bits per heavy atom. The van der Waals surface area contributed by atoms with Crippen LogP contribution >= 0.6 is 11.6 Å². The van der Waals surface area contributed by atoms with Crippen LogP contribution in [0.3, 0.4) is 0 Å². The summed E-state index contributed by atoms with van der Waals surface area (Å²) in [6.45, 7) is 0. The first-order chi connectivity index (χ1) is 16.8. The first-order valence-corrected chi connectivity index (χ1v) is 10.5. The molecule has 0 unspecified atom stereocenters. The van der Waals surface area contributed by atoms with Crippen LogP contribution in [0.4, 0.5) is 30.6 Å². The summed E-state index contributed by atoms with van der Waals surface area (Å²) < 4.78 is 31.9. The monoisotopic (exact) mass is 498 g/mol. The van der Waals surface area contributed by atoms with Gasteiger partial charge in [0.15, 0.2) is 11.6 Å². The topological polar surface area (TPSA) is 112 Å². The number of nitrogens with one attached hydrogen (secondary N) is 4. The average Bonchev–Trinajstić information content (AvgIpc) is 3.26. The molecule has 0 bridgehead atoms. The molecule has 3 amide bonds. The number of anilines is 3. The van der Waals surface area contributed by atoms with E-state index in [-0.39, 0.29) is 33.4 Å². The Morgan fingerprint density at radius 2 is 1.63 bits per heavy atom. The van der Waals surface area contributed by atoms with Gasteiger partial charge in [0, 0.05) is 28.9 Å². The molecule has 178 valence electrons. The average molecular weight is 499 g/mol. The van der Waals surface area contributed by atoms with Gasteiger partial charge in [0.2, 0.25) is 0 Å². The zero-order valence-corrected chi connectivity index (χ0v) is 18.8. The minimum atomic E-state index is -1.19. The number of hydrogen-bond donors (Lipinski definition) is 4. The van der Waals surface area contributed by atoms with Crippen LogP contribution in [0.25, 0.3) is 10.9 Å². The number of rotatable bonds is 6. The molecule has 0 saturated carbocycles. The van der Waals surface area contributed by atoms with E-state index >= 15 is 0 Å². The SMILES string of the molecule is COc1ccc(NC(=O)C(=O)c2c[nH]c3ccccc23)cc1NC(=O)Nc1cc(F)c(F)cc1Cl. The molecule has 0 fully saturated rings. The van der Waals surface area contributed by atoms with E-state index in [0.29, 0.717) is 10.9 Å². The van der Waals surface area contributed by atoms with Crippen LogP contribution in [0.5, 0.6) is 5.75 Å². The standard InChI is InChI=1S/C24H17ClF2N4O4/c1-35-21-7-6-12(29-23(33)22(32)14-11-28-18-5-3-2-4-13(14)18)8-20(21)31-24(34)30-19-10-17(27)16(26)9-15(19)25/h2-11,28H,1H3,(H,29,33)(H2,30,31,34). The molecule has 4 N–H and O–H groups in total. The van der Waals surface area contributed by atoms with Crippen LogP contribution in [0.1, 0.15) is 10.4 Å². The van der Waals surface area contributed by atoms with Gasteiger partial charge in [-0.2, -0.15) is 0 Å². The number of halogens is 3. The van der Waals surface area contributed by atoms with Gasteiger partial charge in [-0.1, -0.05) is 29.8 Å². The number of methoxy groups -OCH3 is 1. The second kappa shape index (κ2) is 9.82. The third-order valence-electron chi connectivity index (χ3n) is 5.00. The van der Waals surface area contributed by atoms with Crippen molar-refractivity contribution < 1.29 is 27.9 Å². The van der Waals surface area contributed by atoms with Crippen LogP contribution < -0.4 is 20.7 Å². The number of fused-ring (bicyclic) bond motifs is 1. The Morgan fingerprint density at radius 3 is 2.40 bits per heavy atom. The molecule has 1 heterocycles. The molecular weight excluding hydrogens is 482 g/mol. The minimum Gasteiger partial charge on any atom is -0.495 e. The summed E-state index contributed by atoms with van der Waals surface area (Å²) in [7, 11) is 1.36. The summed E-state index contributed by atoms with van der Waals surface area (Å²) in [5.41, 5.74) is 1.10. The Labute approximate surface area is 202 Å². The van der Waals surface area contributed by atoms with Gasteiger partial charge < -0.3 is 25.7 Å². The number of aromatic amines is 1. The number of H-pyrrole nitrogens is 1. The molecule has 3 aromatic carbocycles. The number of amides is 3. The van der Waals surface area contributed by atoms with E-state index in [0.717, 1.165) is 12.1 Å². The zero-order chi connectivity index (χ0) is 25.1. The van der Waals surface area contributed by atoms with Crippen LogP contribution in [0.15, 0.2) is 60.8 Å². The van der Waals surface area contributed by atoms with Gasteiger partial charge in [-0.15, -0.1) is 0 Å². The maximum atomic E-state index is 13.5. The Bertz CT molecular complexity index is 1470. The number of Topliss-reactive ketones (excluding diaryl/α,β-unsaturated/α-hetero) is 1. The Kier molecular flexibility index (Phi) is 6.65. The summed E-state index contributed by atoms with van der Waals surface area (Å²) in [5, 5.41) is 7.67. The summed E-state index contributed by atoms with van der Waals surface area (Å²) >= 11 is 5.84. The van der Waals surface area contributed by atoms with Crippen molar-refractivity contribution in [2.45, 2.75) is 0 Å². The van der Waals surface area contributed by atoms with Crippen LogP contribution in [0, 0.1) is 11.6 Å².